The molecular weight excluding hydrogens is 342 g/mol. The number of hydrogen-bond donors (Lipinski definition) is 1. The molecule has 4 heterocycles. The molecule has 0 saturated carbocycles. The first-order valence-corrected chi connectivity index (χ1v) is 9.37. The number of pyridine rings is 1. The molecule has 3 aromatic rings. The fourth-order valence-corrected chi connectivity index (χ4v) is 4.09. The Morgan fingerprint density at radius 2 is 1.96 bits per heavy atom. The Labute approximate surface area is 158 Å². The Kier molecular flexibility index (Phi) is 4.13. The number of aryl methyl sites for hydroxylation is 1. The minimum Gasteiger partial charge on any atom is -0.342 e. The monoisotopic (exact) mass is 367 g/mol. The van der Waals surface area contributed by atoms with Gasteiger partial charge in [-0.2, -0.15) is 10.2 Å². The maximum Gasteiger partial charge on any atom is 0.248 e. The molecule has 0 atom stereocenters. The molecule has 3 aromatic heterocycles. The van der Waals surface area contributed by atoms with Crippen molar-refractivity contribution >= 4 is 22.8 Å². The van der Waals surface area contributed by atoms with Crippen molar-refractivity contribution in [3.05, 3.63) is 24.5 Å². The smallest absolute Gasteiger partial charge is 0.248 e. The number of likely N-dealkylation sites (N-methyl/N-ethyl adjacent to an activating group) is 1. The zero-order valence-electron chi connectivity index (χ0n) is 16.2. The van der Waals surface area contributed by atoms with Gasteiger partial charge in [-0.3, -0.25) is 14.6 Å². The molecule has 27 heavy (non-hydrogen) atoms. The number of aromatic amines is 1. The van der Waals surface area contributed by atoms with Crippen molar-refractivity contribution in [2.45, 2.75) is 32.2 Å². The van der Waals surface area contributed by atoms with Gasteiger partial charge in [-0.15, -0.1) is 0 Å². The van der Waals surface area contributed by atoms with Crippen LogP contribution < -0.4 is 4.90 Å². The molecule has 1 aliphatic rings. The highest BCUT2D eigenvalue weighted by molar-refractivity contribution is 5.93. The van der Waals surface area contributed by atoms with Gasteiger partial charge in [-0.25, -0.2) is 4.98 Å². The van der Waals surface area contributed by atoms with E-state index in [1.54, 1.807) is 10.9 Å². The Morgan fingerprint density at radius 1 is 1.19 bits per heavy atom. The number of piperazine rings is 1. The van der Waals surface area contributed by atoms with E-state index in [1.165, 1.54) is 0 Å². The largest absolute Gasteiger partial charge is 0.342 e. The third-order valence-electron chi connectivity index (χ3n) is 5.74. The maximum atomic E-state index is 13.0. The predicted molar refractivity (Wildman–Crippen MR) is 104 cm³/mol. The van der Waals surface area contributed by atoms with Crippen LogP contribution in [0, 0.1) is 0 Å². The lowest BCUT2D eigenvalue weighted by Crippen LogP contribution is -2.65. The van der Waals surface area contributed by atoms with E-state index in [-0.39, 0.29) is 5.91 Å². The van der Waals surface area contributed by atoms with Gasteiger partial charge in [0, 0.05) is 38.9 Å². The summed E-state index contributed by atoms with van der Waals surface area (Å²) < 4.78 is 1.75. The molecule has 1 saturated heterocycles. The third kappa shape index (κ3) is 2.58. The van der Waals surface area contributed by atoms with E-state index in [4.69, 9.17) is 4.98 Å². The summed E-state index contributed by atoms with van der Waals surface area (Å²) in [6.07, 6.45) is 5.19. The Morgan fingerprint density at radius 3 is 2.63 bits per heavy atom. The van der Waals surface area contributed by atoms with Gasteiger partial charge in [0.1, 0.15) is 22.6 Å². The van der Waals surface area contributed by atoms with Crippen LogP contribution in [0.2, 0.25) is 0 Å². The van der Waals surface area contributed by atoms with E-state index >= 15 is 0 Å². The quantitative estimate of drug-likeness (QED) is 0.764. The molecule has 8 nitrogen and oxygen atoms in total. The van der Waals surface area contributed by atoms with Gasteiger partial charge in [0.05, 0.1) is 11.7 Å². The third-order valence-corrected chi connectivity index (χ3v) is 5.74. The zero-order valence-corrected chi connectivity index (χ0v) is 16.2. The topological polar surface area (TPSA) is 82.9 Å². The van der Waals surface area contributed by atoms with Crippen molar-refractivity contribution in [1.82, 2.24) is 29.9 Å². The molecule has 1 N–H and O–H groups in total. The standard InChI is InChI=1S/C19H25N7O/c1-5-19(6-2)18(27)24(3)9-10-26(19)15-8-7-14-17(21-15)16(23-22-14)13-11-20-25(4)12-13/h7-8,11-12H,5-6,9-10H2,1-4H3,(H,22,23). The van der Waals surface area contributed by atoms with Crippen LogP contribution >= 0.6 is 0 Å². The minimum atomic E-state index is -0.550. The fourth-order valence-electron chi connectivity index (χ4n) is 4.09. The number of amides is 1. The maximum absolute atomic E-state index is 13.0. The van der Waals surface area contributed by atoms with E-state index in [0.29, 0.717) is 6.54 Å². The molecule has 8 heteroatoms. The fraction of sp³-hybridized carbons (Fsp3) is 0.474. The Balaban J connectivity index is 1.82. The van der Waals surface area contributed by atoms with Crippen LogP contribution in [0.1, 0.15) is 26.7 Å². The van der Waals surface area contributed by atoms with Crippen LogP contribution in [0.4, 0.5) is 5.82 Å². The summed E-state index contributed by atoms with van der Waals surface area (Å²) >= 11 is 0. The highest BCUT2D eigenvalue weighted by atomic mass is 16.2. The summed E-state index contributed by atoms with van der Waals surface area (Å²) in [7, 11) is 3.76. The molecule has 1 aliphatic heterocycles. The second-order valence-electron chi connectivity index (χ2n) is 7.16. The lowest BCUT2D eigenvalue weighted by Gasteiger charge is -2.48. The summed E-state index contributed by atoms with van der Waals surface area (Å²) in [5.74, 6) is 0.986. The van der Waals surface area contributed by atoms with Crippen LogP contribution in [-0.4, -0.2) is 61.4 Å². The highest BCUT2D eigenvalue weighted by Gasteiger charge is 2.46. The number of aromatic nitrogens is 5. The van der Waals surface area contributed by atoms with Gasteiger partial charge in [-0.05, 0) is 25.0 Å². The van der Waals surface area contributed by atoms with Crippen LogP contribution in [0.3, 0.4) is 0 Å². The Hall–Kier alpha value is -2.90. The molecule has 0 aromatic carbocycles. The van der Waals surface area contributed by atoms with Crippen LogP contribution in [0.5, 0.6) is 0 Å². The minimum absolute atomic E-state index is 0.167. The van der Waals surface area contributed by atoms with Crippen molar-refractivity contribution in [2.75, 3.05) is 25.0 Å². The summed E-state index contributed by atoms with van der Waals surface area (Å²) in [4.78, 5) is 22.0. The molecule has 142 valence electrons. The van der Waals surface area contributed by atoms with Crippen LogP contribution in [0.15, 0.2) is 24.5 Å². The van der Waals surface area contributed by atoms with Gasteiger partial charge in [-0.1, -0.05) is 13.8 Å². The molecular formula is C19H25N7O. The molecule has 4 rings (SSSR count). The molecule has 0 bridgehead atoms. The number of nitrogens with one attached hydrogen (secondary N) is 1. The molecule has 0 spiro atoms. The second-order valence-corrected chi connectivity index (χ2v) is 7.16. The number of nitrogens with zero attached hydrogens (tertiary/aromatic N) is 6. The lowest BCUT2D eigenvalue weighted by atomic mass is 9.86. The van der Waals surface area contributed by atoms with Gasteiger partial charge in [0.15, 0.2) is 0 Å². The van der Waals surface area contributed by atoms with E-state index in [0.717, 1.165) is 47.5 Å². The number of rotatable bonds is 4. The zero-order chi connectivity index (χ0) is 19.2. The van der Waals surface area contributed by atoms with E-state index in [9.17, 15) is 4.79 Å². The number of carbonyl (C=O) groups excluding carboxylic acids is 1. The molecule has 0 unspecified atom stereocenters. The number of anilines is 1. The first-order chi connectivity index (χ1) is 13.0. The SMILES string of the molecule is CCC1(CC)C(=O)N(C)CCN1c1ccc2[nH]nc(-c3cnn(C)c3)c2n1. The van der Waals surface area contributed by atoms with E-state index in [2.05, 4.69) is 34.0 Å². The van der Waals surface area contributed by atoms with Crippen LogP contribution in [0.25, 0.3) is 22.3 Å². The van der Waals surface area contributed by atoms with E-state index < -0.39 is 5.54 Å². The van der Waals surface area contributed by atoms with Gasteiger partial charge < -0.3 is 9.80 Å². The molecule has 0 aliphatic carbocycles. The van der Waals surface area contributed by atoms with Crippen molar-refractivity contribution in [1.29, 1.82) is 0 Å². The Bertz CT molecular complexity index is 985. The molecule has 0 radical (unpaired) electrons. The number of H-pyrrole nitrogens is 1. The lowest BCUT2D eigenvalue weighted by molar-refractivity contribution is -0.138. The van der Waals surface area contributed by atoms with Crippen LogP contribution in [-0.2, 0) is 11.8 Å². The van der Waals surface area contributed by atoms with Gasteiger partial charge >= 0.3 is 0 Å². The van der Waals surface area contributed by atoms with Crippen molar-refractivity contribution in [3.63, 3.8) is 0 Å². The normalized spacial score (nSPS) is 17.1. The average molecular weight is 367 g/mol. The predicted octanol–water partition coefficient (Wildman–Crippen LogP) is 2.20. The van der Waals surface area contributed by atoms with Gasteiger partial charge in [0.2, 0.25) is 5.91 Å². The average Bonchev–Trinajstić information content (AvgIpc) is 3.29. The second kappa shape index (κ2) is 6.37. The molecule has 1 amide bonds. The van der Waals surface area contributed by atoms with Crippen molar-refractivity contribution < 1.29 is 4.79 Å². The number of hydrogen-bond acceptors (Lipinski definition) is 5. The van der Waals surface area contributed by atoms with Gasteiger partial charge in [0.25, 0.3) is 0 Å². The summed E-state index contributed by atoms with van der Waals surface area (Å²) in [6.45, 7) is 5.61. The van der Waals surface area contributed by atoms with Crippen molar-refractivity contribution in [2.24, 2.45) is 7.05 Å². The van der Waals surface area contributed by atoms with E-state index in [1.807, 2.05) is 37.3 Å². The summed E-state index contributed by atoms with van der Waals surface area (Å²) in [5, 5.41) is 11.7. The summed E-state index contributed by atoms with van der Waals surface area (Å²) in [6, 6.07) is 3.97. The first kappa shape index (κ1) is 17.5. The number of fused-ring (bicyclic) bond motifs is 1. The van der Waals surface area contributed by atoms with Crippen molar-refractivity contribution in [3.8, 4) is 11.3 Å². The molecule has 1 fully saturated rings. The summed E-state index contributed by atoms with van der Waals surface area (Å²) in [5.41, 5.74) is 2.81. The highest BCUT2D eigenvalue weighted by Crippen LogP contribution is 2.35. The first-order valence-electron chi connectivity index (χ1n) is 9.37. The number of carbonyl (C=O) groups is 1.